The molecule has 0 radical (unpaired) electrons. The molecule has 1 fully saturated rings. The molecule has 1 aliphatic carbocycles. The standard InChI is InChI=1S/C17H26N2O2/c1-12-7-8-13(17(18)9-5-6-10-17)11-14(12)19-15(20)21-16(2,3)4/h7-8,11H,5-6,9-10,18H2,1-4H3,(H,19,20). The molecular formula is C17H26N2O2. The maximum atomic E-state index is 11.9. The molecular weight excluding hydrogens is 264 g/mol. The van der Waals surface area contributed by atoms with E-state index in [0.717, 1.165) is 29.7 Å². The molecule has 21 heavy (non-hydrogen) atoms. The van der Waals surface area contributed by atoms with Gasteiger partial charge in [-0.05, 0) is 57.7 Å². The number of benzene rings is 1. The predicted molar refractivity (Wildman–Crippen MR) is 85.4 cm³/mol. The number of carbonyl (C=O) groups excluding carboxylic acids is 1. The van der Waals surface area contributed by atoms with E-state index in [1.54, 1.807) is 0 Å². The van der Waals surface area contributed by atoms with Crippen LogP contribution < -0.4 is 11.1 Å². The van der Waals surface area contributed by atoms with Crippen LogP contribution in [0.2, 0.25) is 0 Å². The Morgan fingerprint density at radius 2 is 1.90 bits per heavy atom. The zero-order valence-electron chi connectivity index (χ0n) is 13.5. The molecule has 0 heterocycles. The second-order valence-electron chi connectivity index (χ2n) is 7.02. The van der Waals surface area contributed by atoms with E-state index in [2.05, 4.69) is 11.4 Å². The number of rotatable bonds is 2. The van der Waals surface area contributed by atoms with Crippen LogP contribution in [0, 0.1) is 6.92 Å². The van der Waals surface area contributed by atoms with Crippen molar-refractivity contribution < 1.29 is 9.53 Å². The minimum atomic E-state index is -0.504. The number of carbonyl (C=O) groups is 1. The number of nitrogens with one attached hydrogen (secondary N) is 1. The molecule has 0 aromatic heterocycles. The Morgan fingerprint density at radius 3 is 2.48 bits per heavy atom. The molecule has 1 amide bonds. The number of amides is 1. The molecule has 116 valence electrons. The molecule has 1 aliphatic rings. The summed E-state index contributed by atoms with van der Waals surface area (Å²) in [6.07, 6.45) is 3.91. The van der Waals surface area contributed by atoms with Crippen molar-refractivity contribution in [1.82, 2.24) is 0 Å². The Bertz CT molecular complexity index is 526. The first kappa shape index (κ1) is 15.8. The summed E-state index contributed by atoms with van der Waals surface area (Å²) >= 11 is 0. The van der Waals surface area contributed by atoms with Gasteiger partial charge in [0.05, 0.1) is 0 Å². The maximum Gasteiger partial charge on any atom is 0.412 e. The normalized spacial score (nSPS) is 17.6. The molecule has 4 nitrogen and oxygen atoms in total. The van der Waals surface area contributed by atoms with E-state index in [9.17, 15) is 4.79 Å². The van der Waals surface area contributed by atoms with Crippen molar-refractivity contribution in [2.24, 2.45) is 5.73 Å². The molecule has 2 rings (SSSR count). The van der Waals surface area contributed by atoms with E-state index in [0.29, 0.717) is 0 Å². The van der Waals surface area contributed by atoms with Gasteiger partial charge in [0.25, 0.3) is 0 Å². The van der Waals surface area contributed by atoms with Gasteiger partial charge >= 0.3 is 6.09 Å². The first-order chi connectivity index (χ1) is 9.70. The summed E-state index contributed by atoms with van der Waals surface area (Å²) in [6.45, 7) is 7.52. The molecule has 0 bridgehead atoms. The summed E-state index contributed by atoms with van der Waals surface area (Å²) in [5.41, 5.74) is 8.61. The lowest BCUT2D eigenvalue weighted by molar-refractivity contribution is 0.0636. The SMILES string of the molecule is Cc1ccc(C2(N)CCCC2)cc1NC(=O)OC(C)(C)C. The lowest BCUT2D eigenvalue weighted by Crippen LogP contribution is -2.33. The number of hydrogen-bond acceptors (Lipinski definition) is 3. The minimum Gasteiger partial charge on any atom is -0.444 e. The van der Waals surface area contributed by atoms with Crippen molar-refractivity contribution in [2.45, 2.75) is 64.5 Å². The lowest BCUT2D eigenvalue weighted by Gasteiger charge is -2.26. The number of hydrogen-bond donors (Lipinski definition) is 2. The largest absolute Gasteiger partial charge is 0.444 e. The Morgan fingerprint density at radius 1 is 1.29 bits per heavy atom. The summed E-state index contributed by atoms with van der Waals surface area (Å²) in [7, 11) is 0. The fraction of sp³-hybridized carbons (Fsp3) is 0.588. The van der Waals surface area contributed by atoms with Gasteiger partial charge in [0.1, 0.15) is 5.60 Å². The zero-order valence-corrected chi connectivity index (χ0v) is 13.5. The molecule has 4 heteroatoms. The van der Waals surface area contributed by atoms with Gasteiger partial charge < -0.3 is 10.5 Å². The summed E-state index contributed by atoms with van der Waals surface area (Å²) in [5, 5.41) is 2.83. The van der Waals surface area contributed by atoms with E-state index in [4.69, 9.17) is 10.5 Å². The molecule has 1 aromatic carbocycles. The third-order valence-electron chi connectivity index (χ3n) is 3.94. The van der Waals surface area contributed by atoms with Crippen molar-refractivity contribution in [3.8, 4) is 0 Å². The van der Waals surface area contributed by atoms with E-state index in [1.165, 1.54) is 12.8 Å². The highest BCUT2D eigenvalue weighted by Crippen LogP contribution is 2.37. The van der Waals surface area contributed by atoms with Crippen LogP contribution >= 0.6 is 0 Å². The Balaban J connectivity index is 2.18. The Hall–Kier alpha value is -1.55. The smallest absolute Gasteiger partial charge is 0.412 e. The van der Waals surface area contributed by atoms with Crippen LogP contribution in [0.5, 0.6) is 0 Å². The third kappa shape index (κ3) is 3.97. The summed E-state index contributed by atoms with van der Waals surface area (Å²) in [6, 6.07) is 6.07. The fourth-order valence-electron chi connectivity index (χ4n) is 2.77. The molecule has 0 saturated heterocycles. The molecule has 0 aliphatic heterocycles. The number of nitrogens with two attached hydrogens (primary N) is 1. The lowest BCUT2D eigenvalue weighted by atomic mass is 9.88. The minimum absolute atomic E-state index is 0.252. The first-order valence-electron chi connectivity index (χ1n) is 7.60. The van der Waals surface area contributed by atoms with Gasteiger partial charge in [-0.15, -0.1) is 0 Å². The third-order valence-corrected chi connectivity index (χ3v) is 3.94. The van der Waals surface area contributed by atoms with Crippen LogP contribution in [0.4, 0.5) is 10.5 Å². The molecule has 1 aromatic rings. The van der Waals surface area contributed by atoms with Crippen LogP contribution in [0.3, 0.4) is 0 Å². The van der Waals surface area contributed by atoms with Crippen molar-refractivity contribution >= 4 is 11.8 Å². The topological polar surface area (TPSA) is 64.3 Å². The van der Waals surface area contributed by atoms with Crippen molar-refractivity contribution in [1.29, 1.82) is 0 Å². The van der Waals surface area contributed by atoms with E-state index in [1.807, 2.05) is 39.8 Å². The van der Waals surface area contributed by atoms with Gasteiger partial charge in [0.15, 0.2) is 0 Å². The number of anilines is 1. The quantitative estimate of drug-likeness (QED) is 0.863. The highest BCUT2D eigenvalue weighted by molar-refractivity contribution is 5.86. The molecule has 3 N–H and O–H groups in total. The molecule has 1 saturated carbocycles. The summed E-state index contributed by atoms with van der Waals surface area (Å²) < 4.78 is 5.31. The van der Waals surface area contributed by atoms with Crippen molar-refractivity contribution in [3.05, 3.63) is 29.3 Å². The van der Waals surface area contributed by atoms with E-state index in [-0.39, 0.29) is 5.54 Å². The molecule has 0 atom stereocenters. The van der Waals surface area contributed by atoms with Gasteiger partial charge in [0.2, 0.25) is 0 Å². The van der Waals surface area contributed by atoms with E-state index < -0.39 is 11.7 Å². The molecule has 0 spiro atoms. The van der Waals surface area contributed by atoms with Crippen LogP contribution in [-0.4, -0.2) is 11.7 Å². The Labute approximate surface area is 127 Å². The number of aryl methyl sites for hydroxylation is 1. The molecule has 0 unspecified atom stereocenters. The average molecular weight is 290 g/mol. The first-order valence-corrected chi connectivity index (χ1v) is 7.60. The summed E-state index contributed by atoms with van der Waals surface area (Å²) in [5.74, 6) is 0. The fourth-order valence-corrected chi connectivity index (χ4v) is 2.77. The second kappa shape index (κ2) is 5.68. The maximum absolute atomic E-state index is 11.9. The highest BCUT2D eigenvalue weighted by Gasteiger charge is 2.31. The average Bonchev–Trinajstić information content (AvgIpc) is 2.77. The van der Waals surface area contributed by atoms with Gasteiger partial charge in [0, 0.05) is 11.2 Å². The van der Waals surface area contributed by atoms with Crippen molar-refractivity contribution in [2.75, 3.05) is 5.32 Å². The Kier molecular flexibility index (Phi) is 4.28. The van der Waals surface area contributed by atoms with Gasteiger partial charge in [-0.2, -0.15) is 0 Å². The van der Waals surface area contributed by atoms with Gasteiger partial charge in [-0.25, -0.2) is 4.79 Å². The van der Waals surface area contributed by atoms with Crippen LogP contribution in [0.1, 0.15) is 57.6 Å². The van der Waals surface area contributed by atoms with Gasteiger partial charge in [-0.3, -0.25) is 5.32 Å². The van der Waals surface area contributed by atoms with Crippen LogP contribution in [-0.2, 0) is 10.3 Å². The van der Waals surface area contributed by atoms with Crippen LogP contribution in [0.15, 0.2) is 18.2 Å². The van der Waals surface area contributed by atoms with Crippen LogP contribution in [0.25, 0.3) is 0 Å². The van der Waals surface area contributed by atoms with E-state index >= 15 is 0 Å². The number of ether oxygens (including phenoxy) is 1. The van der Waals surface area contributed by atoms with Gasteiger partial charge in [-0.1, -0.05) is 25.0 Å². The predicted octanol–water partition coefficient (Wildman–Crippen LogP) is 4.07. The second-order valence-corrected chi connectivity index (χ2v) is 7.02. The van der Waals surface area contributed by atoms with Crippen molar-refractivity contribution in [3.63, 3.8) is 0 Å². The zero-order chi connectivity index (χ0) is 15.7. The highest BCUT2D eigenvalue weighted by atomic mass is 16.6. The monoisotopic (exact) mass is 290 g/mol. The summed E-state index contributed by atoms with van der Waals surface area (Å²) in [4.78, 5) is 11.9.